The Morgan fingerprint density at radius 2 is 1.79 bits per heavy atom. The number of rotatable bonds is 6. The third-order valence-corrected chi connectivity index (χ3v) is 5.90. The Morgan fingerprint density at radius 3 is 2.41 bits per heavy atom. The van der Waals surface area contributed by atoms with Gasteiger partial charge in [-0.2, -0.15) is 4.99 Å². The highest BCUT2D eigenvalue weighted by molar-refractivity contribution is 7.16. The minimum Gasteiger partial charge on any atom is -0.468 e. The van der Waals surface area contributed by atoms with Gasteiger partial charge < -0.3 is 14.2 Å². The Bertz CT molecular complexity index is 1090. The van der Waals surface area contributed by atoms with E-state index in [0.29, 0.717) is 10.4 Å². The fraction of sp³-hybridized carbons (Fsp3) is 0.318. The fourth-order valence-electron chi connectivity index (χ4n) is 3.29. The number of aromatic nitrogens is 1. The average Bonchev–Trinajstić information content (AvgIpc) is 3.07. The maximum absolute atomic E-state index is 12.8. The lowest BCUT2D eigenvalue weighted by Gasteiger charge is -2.20. The van der Waals surface area contributed by atoms with Gasteiger partial charge in [0.05, 0.1) is 17.3 Å². The average molecular weight is 412 g/mol. The second kappa shape index (κ2) is 9.05. The maximum atomic E-state index is 12.8. The van der Waals surface area contributed by atoms with E-state index in [9.17, 15) is 9.59 Å². The summed E-state index contributed by atoms with van der Waals surface area (Å²) in [6.07, 6.45) is 0. The molecule has 0 aliphatic rings. The Kier molecular flexibility index (Phi) is 6.49. The molecule has 29 heavy (non-hydrogen) atoms. The molecular weight excluding hydrogens is 386 g/mol. The van der Waals surface area contributed by atoms with Crippen LogP contribution in [0.3, 0.4) is 0 Å². The summed E-state index contributed by atoms with van der Waals surface area (Å²) in [4.78, 5) is 31.8. The van der Waals surface area contributed by atoms with E-state index >= 15 is 0 Å². The summed E-state index contributed by atoms with van der Waals surface area (Å²) >= 11 is 1.39. The van der Waals surface area contributed by atoms with Crippen LogP contribution in [-0.2, 0) is 16.1 Å². The van der Waals surface area contributed by atoms with E-state index in [-0.39, 0.29) is 18.4 Å². The van der Waals surface area contributed by atoms with Gasteiger partial charge in [0.25, 0.3) is 5.91 Å². The smallest absolute Gasteiger partial charge is 0.325 e. The summed E-state index contributed by atoms with van der Waals surface area (Å²) < 4.78 is 7.55. The predicted molar refractivity (Wildman–Crippen MR) is 116 cm³/mol. The number of ether oxygens (including phenoxy) is 1. The lowest BCUT2D eigenvalue weighted by atomic mass is 10.2. The number of benzene rings is 2. The zero-order valence-corrected chi connectivity index (χ0v) is 18.0. The van der Waals surface area contributed by atoms with Gasteiger partial charge in [-0.05, 0) is 56.7 Å². The van der Waals surface area contributed by atoms with Crippen molar-refractivity contribution >= 4 is 39.1 Å². The highest BCUT2D eigenvalue weighted by Gasteiger charge is 2.14. The van der Waals surface area contributed by atoms with E-state index in [2.05, 4.69) is 23.7 Å². The minimum absolute atomic E-state index is 0.00830. The quantitative estimate of drug-likeness (QED) is 0.579. The van der Waals surface area contributed by atoms with Crippen molar-refractivity contribution in [2.45, 2.75) is 27.3 Å². The topological polar surface area (TPSA) is 63.9 Å². The molecule has 0 saturated heterocycles. The molecule has 0 fully saturated rings. The molecule has 0 unspecified atom stereocenters. The lowest BCUT2D eigenvalue weighted by molar-refractivity contribution is -0.141. The molecular formula is C22H25N3O3S. The van der Waals surface area contributed by atoms with Crippen LogP contribution in [0.1, 0.15) is 29.8 Å². The molecule has 0 spiro atoms. The Hall–Kier alpha value is -2.93. The Morgan fingerprint density at radius 1 is 1.10 bits per heavy atom. The molecule has 0 bridgehead atoms. The first-order valence-corrected chi connectivity index (χ1v) is 10.4. The van der Waals surface area contributed by atoms with Gasteiger partial charge in [0.15, 0.2) is 4.80 Å². The van der Waals surface area contributed by atoms with Crippen LogP contribution in [0, 0.1) is 6.92 Å². The maximum Gasteiger partial charge on any atom is 0.325 e. The second-order valence-corrected chi connectivity index (χ2v) is 7.61. The van der Waals surface area contributed by atoms with Crippen molar-refractivity contribution in [3.63, 3.8) is 0 Å². The van der Waals surface area contributed by atoms with Gasteiger partial charge in [0.2, 0.25) is 0 Å². The molecule has 3 rings (SSSR count). The highest BCUT2D eigenvalue weighted by atomic mass is 32.1. The van der Waals surface area contributed by atoms with E-state index in [4.69, 9.17) is 4.74 Å². The predicted octanol–water partition coefficient (Wildman–Crippen LogP) is 3.77. The second-order valence-electron chi connectivity index (χ2n) is 6.60. The van der Waals surface area contributed by atoms with Gasteiger partial charge in [-0.15, -0.1) is 0 Å². The Labute approximate surface area is 174 Å². The standard InChI is InChI=1S/C22H25N3O3S/c1-5-24(6-2)17-12-10-16(11-13-17)21(27)23-22-25(14-19(26)28-4)20-15(3)8-7-9-18(20)29-22/h7-13H,5-6,14H2,1-4H3. The van der Waals surface area contributed by atoms with Crippen molar-refractivity contribution in [2.75, 3.05) is 25.1 Å². The van der Waals surface area contributed by atoms with Crippen LogP contribution < -0.4 is 9.70 Å². The molecule has 0 aliphatic carbocycles. The molecule has 152 valence electrons. The van der Waals surface area contributed by atoms with Crippen LogP contribution in [0.25, 0.3) is 10.2 Å². The normalized spacial score (nSPS) is 11.7. The number of aryl methyl sites for hydroxylation is 1. The number of esters is 1. The van der Waals surface area contributed by atoms with Gasteiger partial charge in [-0.3, -0.25) is 9.59 Å². The summed E-state index contributed by atoms with van der Waals surface area (Å²) in [6.45, 7) is 7.99. The third kappa shape index (κ3) is 4.40. The number of carbonyl (C=O) groups excluding carboxylic acids is 2. The van der Waals surface area contributed by atoms with Gasteiger partial charge in [0, 0.05) is 24.3 Å². The summed E-state index contributed by atoms with van der Waals surface area (Å²) in [5, 5.41) is 0. The molecule has 1 aromatic heterocycles. The summed E-state index contributed by atoms with van der Waals surface area (Å²) in [7, 11) is 1.35. The zero-order valence-electron chi connectivity index (χ0n) is 17.1. The van der Waals surface area contributed by atoms with E-state index in [0.717, 1.165) is 34.6 Å². The molecule has 0 N–H and O–H groups in total. The zero-order chi connectivity index (χ0) is 21.0. The molecule has 3 aromatic rings. The summed E-state index contributed by atoms with van der Waals surface area (Å²) in [5.41, 5.74) is 3.50. The molecule has 0 atom stereocenters. The molecule has 1 heterocycles. The Balaban J connectivity index is 2.03. The van der Waals surface area contributed by atoms with Crippen LogP contribution in [0.4, 0.5) is 5.69 Å². The first kappa shape index (κ1) is 20.8. The van der Waals surface area contributed by atoms with Crippen molar-refractivity contribution in [3.8, 4) is 0 Å². The van der Waals surface area contributed by atoms with Crippen molar-refractivity contribution in [1.82, 2.24) is 4.57 Å². The van der Waals surface area contributed by atoms with E-state index < -0.39 is 0 Å². The molecule has 7 heteroatoms. The first-order valence-electron chi connectivity index (χ1n) is 9.58. The number of thiazole rings is 1. The SMILES string of the molecule is CCN(CC)c1ccc(C(=O)N=c2sc3cccc(C)c3n2CC(=O)OC)cc1. The molecule has 0 radical (unpaired) electrons. The van der Waals surface area contributed by atoms with Gasteiger partial charge in [0.1, 0.15) is 6.54 Å². The summed E-state index contributed by atoms with van der Waals surface area (Å²) in [5.74, 6) is -0.718. The number of para-hydroxylation sites is 1. The van der Waals surface area contributed by atoms with Crippen LogP contribution in [-0.4, -0.2) is 36.6 Å². The van der Waals surface area contributed by atoms with Crippen LogP contribution in [0.5, 0.6) is 0 Å². The number of anilines is 1. The van der Waals surface area contributed by atoms with Crippen LogP contribution in [0.2, 0.25) is 0 Å². The first-order chi connectivity index (χ1) is 14.0. The van der Waals surface area contributed by atoms with Gasteiger partial charge >= 0.3 is 5.97 Å². The molecule has 6 nitrogen and oxygen atoms in total. The monoisotopic (exact) mass is 411 g/mol. The van der Waals surface area contributed by atoms with Crippen molar-refractivity contribution < 1.29 is 14.3 Å². The molecule has 2 aromatic carbocycles. The molecule has 1 amide bonds. The number of methoxy groups -OCH3 is 1. The number of fused-ring (bicyclic) bond motifs is 1. The minimum atomic E-state index is -0.384. The van der Waals surface area contributed by atoms with E-state index in [1.54, 1.807) is 16.7 Å². The number of nitrogens with zero attached hydrogens (tertiary/aromatic N) is 3. The molecule has 0 aliphatic heterocycles. The van der Waals surface area contributed by atoms with E-state index in [1.807, 2.05) is 37.3 Å². The number of hydrogen-bond acceptors (Lipinski definition) is 5. The molecule has 0 saturated carbocycles. The van der Waals surface area contributed by atoms with Crippen molar-refractivity contribution in [1.29, 1.82) is 0 Å². The van der Waals surface area contributed by atoms with Crippen molar-refractivity contribution in [3.05, 3.63) is 58.4 Å². The summed E-state index contributed by atoms with van der Waals surface area (Å²) in [6, 6.07) is 13.4. The fourth-order valence-corrected chi connectivity index (χ4v) is 4.39. The van der Waals surface area contributed by atoms with Crippen LogP contribution >= 0.6 is 11.3 Å². The lowest BCUT2D eigenvalue weighted by Crippen LogP contribution is -2.23. The van der Waals surface area contributed by atoms with Gasteiger partial charge in [-0.25, -0.2) is 0 Å². The van der Waals surface area contributed by atoms with Gasteiger partial charge in [-0.1, -0.05) is 23.5 Å². The highest BCUT2D eigenvalue weighted by Crippen LogP contribution is 2.21. The third-order valence-electron chi connectivity index (χ3n) is 4.86. The number of carbonyl (C=O) groups is 2. The number of hydrogen-bond donors (Lipinski definition) is 0. The van der Waals surface area contributed by atoms with Crippen LogP contribution in [0.15, 0.2) is 47.5 Å². The number of amides is 1. The van der Waals surface area contributed by atoms with E-state index in [1.165, 1.54) is 18.4 Å². The largest absolute Gasteiger partial charge is 0.468 e. The van der Waals surface area contributed by atoms with Crippen molar-refractivity contribution in [2.24, 2.45) is 4.99 Å².